The number of benzene rings is 1. The molecule has 0 radical (unpaired) electrons. The van der Waals surface area contributed by atoms with Gasteiger partial charge < -0.3 is 10.1 Å². The molecule has 0 heterocycles. The van der Waals surface area contributed by atoms with E-state index in [1.807, 2.05) is 24.3 Å². The smallest absolute Gasteiger partial charge is 0.338 e. The highest BCUT2D eigenvalue weighted by Crippen LogP contribution is 2.43. The topological polar surface area (TPSA) is 38.3 Å². The van der Waals surface area contributed by atoms with Gasteiger partial charge in [-0.05, 0) is 36.3 Å². The molecule has 3 nitrogen and oxygen atoms in total. The first-order chi connectivity index (χ1) is 9.21. The van der Waals surface area contributed by atoms with Crippen molar-refractivity contribution in [1.82, 2.24) is 5.32 Å². The van der Waals surface area contributed by atoms with E-state index in [9.17, 15) is 4.79 Å². The minimum atomic E-state index is -0.258. The molecule has 19 heavy (non-hydrogen) atoms. The molecule has 1 saturated carbocycles. The second-order valence-corrected chi connectivity index (χ2v) is 5.46. The van der Waals surface area contributed by atoms with Crippen LogP contribution in [0.15, 0.2) is 24.3 Å². The van der Waals surface area contributed by atoms with Crippen molar-refractivity contribution in [2.24, 2.45) is 5.41 Å². The largest absolute Gasteiger partial charge is 0.465 e. The van der Waals surface area contributed by atoms with Crippen molar-refractivity contribution in [1.29, 1.82) is 0 Å². The van der Waals surface area contributed by atoms with Gasteiger partial charge in [-0.1, -0.05) is 31.5 Å². The molecular weight excluding hydrogens is 238 g/mol. The van der Waals surface area contributed by atoms with Gasteiger partial charge in [0.15, 0.2) is 0 Å². The summed E-state index contributed by atoms with van der Waals surface area (Å²) in [6.07, 6.45) is 5.25. The predicted molar refractivity (Wildman–Crippen MR) is 76.1 cm³/mol. The molecule has 1 aromatic rings. The lowest BCUT2D eigenvalue weighted by molar-refractivity contribution is 0.0599. The average molecular weight is 261 g/mol. The summed E-state index contributed by atoms with van der Waals surface area (Å²) in [7, 11) is 1.42. The fourth-order valence-electron chi connectivity index (χ4n) is 2.78. The van der Waals surface area contributed by atoms with Crippen molar-refractivity contribution in [3.05, 3.63) is 35.4 Å². The Morgan fingerprint density at radius 2 is 2.11 bits per heavy atom. The van der Waals surface area contributed by atoms with Crippen molar-refractivity contribution in [3.8, 4) is 0 Å². The van der Waals surface area contributed by atoms with Gasteiger partial charge in [-0.3, -0.25) is 0 Å². The Hall–Kier alpha value is -1.35. The van der Waals surface area contributed by atoms with Crippen LogP contribution in [0.5, 0.6) is 0 Å². The lowest BCUT2D eigenvalue weighted by Crippen LogP contribution is -2.39. The van der Waals surface area contributed by atoms with E-state index in [-0.39, 0.29) is 5.97 Å². The van der Waals surface area contributed by atoms with Gasteiger partial charge in [-0.15, -0.1) is 0 Å². The summed E-state index contributed by atoms with van der Waals surface area (Å²) in [5.74, 6) is -0.258. The minimum Gasteiger partial charge on any atom is -0.465 e. The molecule has 1 aromatic carbocycles. The van der Waals surface area contributed by atoms with Crippen LogP contribution in [0.4, 0.5) is 0 Å². The lowest BCUT2D eigenvalue weighted by atomic mass is 9.67. The maximum Gasteiger partial charge on any atom is 0.338 e. The zero-order chi connectivity index (χ0) is 13.7. The van der Waals surface area contributed by atoms with Gasteiger partial charge in [-0.2, -0.15) is 0 Å². The van der Waals surface area contributed by atoms with Crippen LogP contribution < -0.4 is 5.32 Å². The van der Waals surface area contributed by atoms with E-state index in [0.29, 0.717) is 11.0 Å². The third-order valence-corrected chi connectivity index (χ3v) is 4.40. The third kappa shape index (κ3) is 3.16. The number of methoxy groups -OCH3 is 1. The number of ether oxygens (including phenoxy) is 1. The third-order valence-electron chi connectivity index (χ3n) is 4.40. The number of hydrogen-bond donors (Lipinski definition) is 1. The molecule has 1 N–H and O–H groups in total. The number of hydrogen-bond acceptors (Lipinski definition) is 3. The minimum absolute atomic E-state index is 0.258. The highest BCUT2D eigenvalue weighted by molar-refractivity contribution is 5.90. The van der Waals surface area contributed by atoms with Crippen LogP contribution >= 0.6 is 0 Å². The summed E-state index contributed by atoms with van der Waals surface area (Å²) in [5, 5.41) is 3.51. The van der Waals surface area contributed by atoms with Crippen molar-refractivity contribution < 1.29 is 9.53 Å². The summed E-state index contributed by atoms with van der Waals surface area (Å²) >= 11 is 0. The van der Waals surface area contributed by atoms with Crippen LogP contribution in [-0.2, 0) is 11.3 Å². The normalized spacial score (nSPS) is 16.7. The average Bonchev–Trinajstić information content (AvgIpc) is 2.41. The van der Waals surface area contributed by atoms with Gasteiger partial charge in [0.1, 0.15) is 0 Å². The van der Waals surface area contributed by atoms with Crippen molar-refractivity contribution >= 4 is 5.97 Å². The molecule has 0 bridgehead atoms. The summed E-state index contributed by atoms with van der Waals surface area (Å²) in [6, 6.07) is 7.64. The van der Waals surface area contributed by atoms with E-state index >= 15 is 0 Å². The summed E-state index contributed by atoms with van der Waals surface area (Å²) in [6.45, 7) is 4.04. The zero-order valence-electron chi connectivity index (χ0n) is 11.9. The fourth-order valence-corrected chi connectivity index (χ4v) is 2.78. The van der Waals surface area contributed by atoms with Crippen molar-refractivity contribution in [3.63, 3.8) is 0 Å². The van der Waals surface area contributed by atoms with E-state index in [2.05, 4.69) is 12.2 Å². The standard InChI is InChI=1S/C16H23NO2/c1-3-16(9-6-10-16)12-17-11-13-7-4-5-8-14(13)15(18)19-2/h4-5,7-8,17H,3,6,9-12H2,1-2H3. The highest BCUT2D eigenvalue weighted by Gasteiger charge is 2.34. The van der Waals surface area contributed by atoms with Crippen LogP contribution in [0.2, 0.25) is 0 Å². The first-order valence-electron chi connectivity index (χ1n) is 7.08. The SMILES string of the molecule is CCC1(CNCc2ccccc2C(=O)OC)CCC1. The second-order valence-electron chi connectivity index (χ2n) is 5.46. The second kappa shape index (κ2) is 6.20. The van der Waals surface area contributed by atoms with Gasteiger partial charge in [-0.25, -0.2) is 4.79 Å². The Labute approximate surface area is 115 Å². The summed E-state index contributed by atoms with van der Waals surface area (Å²) in [5.41, 5.74) is 2.18. The van der Waals surface area contributed by atoms with E-state index in [0.717, 1.165) is 18.7 Å². The van der Waals surface area contributed by atoms with Crippen LogP contribution in [0.25, 0.3) is 0 Å². The molecule has 1 aliphatic rings. The Bertz CT molecular complexity index is 433. The highest BCUT2D eigenvalue weighted by atomic mass is 16.5. The number of nitrogens with one attached hydrogen (secondary N) is 1. The lowest BCUT2D eigenvalue weighted by Gasteiger charge is -2.41. The van der Waals surface area contributed by atoms with Gasteiger partial charge in [0.2, 0.25) is 0 Å². The van der Waals surface area contributed by atoms with Gasteiger partial charge in [0.25, 0.3) is 0 Å². The van der Waals surface area contributed by atoms with Crippen LogP contribution in [0, 0.1) is 5.41 Å². The quantitative estimate of drug-likeness (QED) is 0.799. The van der Waals surface area contributed by atoms with Crippen molar-refractivity contribution in [2.45, 2.75) is 39.2 Å². The summed E-state index contributed by atoms with van der Waals surface area (Å²) < 4.78 is 4.81. The van der Waals surface area contributed by atoms with Crippen LogP contribution in [-0.4, -0.2) is 19.6 Å². The molecule has 1 aliphatic carbocycles. The molecular formula is C16H23NO2. The van der Waals surface area contributed by atoms with Crippen LogP contribution in [0.1, 0.15) is 48.5 Å². The number of esters is 1. The zero-order valence-corrected chi connectivity index (χ0v) is 11.9. The van der Waals surface area contributed by atoms with Crippen molar-refractivity contribution in [2.75, 3.05) is 13.7 Å². The molecule has 0 atom stereocenters. The monoisotopic (exact) mass is 261 g/mol. The Morgan fingerprint density at radius 3 is 2.68 bits per heavy atom. The Balaban J connectivity index is 1.94. The van der Waals surface area contributed by atoms with E-state index in [1.54, 1.807) is 0 Å². The van der Waals surface area contributed by atoms with E-state index in [4.69, 9.17) is 4.74 Å². The van der Waals surface area contributed by atoms with E-state index < -0.39 is 0 Å². The fraction of sp³-hybridized carbons (Fsp3) is 0.562. The molecule has 0 unspecified atom stereocenters. The van der Waals surface area contributed by atoms with E-state index in [1.165, 1.54) is 32.8 Å². The number of rotatable bonds is 6. The van der Waals surface area contributed by atoms with Gasteiger partial charge >= 0.3 is 5.97 Å². The molecule has 2 rings (SSSR count). The van der Waals surface area contributed by atoms with Crippen LogP contribution in [0.3, 0.4) is 0 Å². The Morgan fingerprint density at radius 1 is 1.37 bits per heavy atom. The molecule has 0 aromatic heterocycles. The molecule has 0 saturated heterocycles. The molecule has 0 spiro atoms. The first-order valence-corrected chi connectivity index (χ1v) is 7.08. The maximum atomic E-state index is 11.7. The predicted octanol–water partition coefficient (Wildman–Crippen LogP) is 3.14. The molecule has 3 heteroatoms. The Kier molecular flexibility index (Phi) is 4.59. The molecule has 0 amide bonds. The molecule has 1 fully saturated rings. The van der Waals surface area contributed by atoms with Gasteiger partial charge in [0.05, 0.1) is 12.7 Å². The van der Waals surface area contributed by atoms with Gasteiger partial charge in [0, 0.05) is 13.1 Å². The molecule has 104 valence electrons. The first kappa shape index (κ1) is 14.1. The maximum absolute atomic E-state index is 11.7. The molecule has 0 aliphatic heterocycles. The summed E-state index contributed by atoms with van der Waals surface area (Å²) in [4.78, 5) is 11.7. The number of carbonyl (C=O) groups is 1. The number of carbonyl (C=O) groups excluding carboxylic acids is 1.